The standard InChI is InChI=1S/C25H19F2NO7/c1-13-19(33-11-15-12-34-20-4-2-3-5-21(20)35-15)9-7-16(22(13)27)24(30)28-18-10-14(6-8-17(18)26)23(29)25(31)32/h2-10,15H,11-12H2,1H3,(H,28,30)(H,31,32)/t15-/m1/s1. The average molecular weight is 483 g/mol. The molecule has 0 radical (unpaired) electrons. The van der Waals surface area contributed by atoms with Gasteiger partial charge in [-0.1, -0.05) is 12.1 Å². The molecule has 2 N–H and O–H groups in total. The Morgan fingerprint density at radius 2 is 1.83 bits per heavy atom. The minimum atomic E-state index is -1.74. The lowest BCUT2D eigenvalue weighted by molar-refractivity contribution is -0.131. The number of nitrogens with one attached hydrogen (secondary N) is 1. The first-order valence-corrected chi connectivity index (χ1v) is 10.4. The van der Waals surface area contributed by atoms with E-state index in [0.29, 0.717) is 11.5 Å². The van der Waals surface area contributed by atoms with Gasteiger partial charge in [0, 0.05) is 11.1 Å². The lowest BCUT2D eigenvalue weighted by atomic mass is 10.1. The number of anilines is 1. The number of halogens is 2. The Balaban J connectivity index is 1.45. The highest BCUT2D eigenvalue weighted by Gasteiger charge is 2.23. The van der Waals surface area contributed by atoms with E-state index >= 15 is 0 Å². The van der Waals surface area contributed by atoms with E-state index in [4.69, 9.17) is 19.3 Å². The predicted octanol–water partition coefficient (Wildman–Crippen LogP) is 4.01. The molecule has 35 heavy (non-hydrogen) atoms. The smallest absolute Gasteiger partial charge is 0.377 e. The number of fused-ring (bicyclic) bond motifs is 1. The molecule has 8 nitrogen and oxygen atoms in total. The molecule has 0 bridgehead atoms. The van der Waals surface area contributed by atoms with Gasteiger partial charge in [0.15, 0.2) is 17.6 Å². The van der Waals surface area contributed by atoms with Crippen LogP contribution in [0.5, 0.6) is 17.2 Å². The van der Waals surface area contributed by atoms with Crippen LogP contribution < -0.4 is 19.5 Å². The zero-order valence-corrected chi connectivity index (χ0v) is 18.3. The van der Waals surface area contributed by atoms with Crippen molar-refractivity contribution >= 4 is 23.3 Å². The second kappa shape index (κ2) is 9.80. The van der Waals surface area contributed by atoms with Crippen LogP contribution in [0, 0.1) is 18.6 Å². The fraction of sp³-hybridized carbons (Fsp3) is 0.160. The number of amides is 1. The summed E-state index contributed by atoms with van der Waals surface area (Å²) >= 11 is 0. The number of aliphatic carboxylic acids is 1. The van der Waals surface area contributed by atoms with Gasteiger partial charge in [-0.3, -0.25) is 9.59 Å². The molecule has 0 aliphatic carbocycles. The number of carbonyl (C=O) groups excluding carboxylic acids is 2. The quantitative estimate of drug-likeness (QED) is 0.386. The van der Waals surface area contributed by atoms with Crippen LogP contribution in [-0.2, 0) is 4.79 Å². The molecule has 1 aliphatic rings. The highest BCUT2D eigenvalue weighted by atomic mass is 19.1. The van der Waals surface area contributed by atoms with Crippen LogP contribution in [0.15, 0.2) is 54.6 Å². The maximum absolute atomic E-state index is 15.0. The third-order valence-corrected chi connectivity index (χ3v) is 5.24. The van der Waals surface area contributed by atoms with Crippen LogP contribution in [0.2, 0.25) is 0 Å². The van der Waals surface area contributed by atoms with Crippen molar-refractivity contribution in [3.05, 3.63) is 82.9 Å². The van der Waals surface area contributed by atoms with Crippen LogP contribution in [0.3, 0.4) is 0 Å². The normalized spacial score (nSPS) is 14.2. The second-order valence-electron chi connectivity index (χ2n) is 7.64. The molecule has 0 saturated heterocycles. The van der Waals surface area contributed by atoms with Gasteiger partial charge >= 0.3 is 5.97 Å². The van der Waals surface area contributed by atoms with Gasteiger partial charge in [0.2, 0.25) is 0 Å². The van der Waals surface area contributed by atoms with E-state index in [2.05, 4.69) is 5.32 Å². The molecule has 4 rings (SSSR count). The van der Waals surface area contributed by atoms with Crippen LogP contribution in [0.4, 0.5) is 14.5 Å². The number of Topliss-reactive ketones (excluding diaryl/α,β-unsaturated/α-hetero) is 1. The SMILES string of the molecule is Cc1c(OC[C@@H]2COc3ccccc3O2)ccc(C(=O)Nc2cc(C(=O)C(=O)O)ccc2F)c1F. The first-order valence-electron chi connectivity index (χ1n) is 10.4. The maximum atomic E-state index is 15.0. The molecule has 3 aromatic carbocycles. The molecule has 0 fully saturated rings. The summed E-state index contributed by atoms with van der Waals surface area (Å²) in [4.78, 5) is 35.1. The number of ether oxygens (including phenoxy) is 3. The summed E-state index contributed by atoms with van der Waals surface area (Å²) in [5.41, 5.74) is -1.15. The highest BCUT2D eigenvalue weighted by molar-refractivity contribution is 6.40. The van der Waals surface area contributed by atoms with Gasteiger partial charge in [-0.25, -0.2) is 13.6 Å². The van der Waals surface area contributed by atoms with Crippen LogP contribution in [-0.4, -0.2) is 42.1 Å². The van der Waals surface area contributed by atoms with Crippen molar-refractivity contribution in [3.63, 3.8) is 0 Å². The molecule has 180 valence electrons. The summed E-state index contributed by atoms with van der Waals surface area (Å²) in [5, 5.41) is 11.0. The summed E-state index contributed by atoms with van der Waals surface area (Å²) < 4.78 is 46.2. The Kier molecular flexibility index (Phi) is 6.63. The minimum Gasteiger partial charge on any atom is -0.489 e. The lowest BCUT2D eigenvalue weighted by Crippen LogP contribution is -2.34. The van der Waals surface area contributed by atoms with Crippen LogP contribution in [0.25, 0.3) is 0 Å². The number of hydrogen-bond acceptors (Lipinski definition) is 6. The number of benzene rings is 3. The van der Waals surface area contributed by atoms with E-state index in [0.717, 1.165) is 18.2 Å². The van der Waals surface area contributed by atoms with E-state index in [9.17, 15) is 23.2 Å². The molecule has 1 amide bonds. The first-order chi connectivity index (χ1) is 16.7. The number of carboxylic acid groups (broad SMARTS) is 1. The third kappa shape index (κ3) is 5.06. The van der Waals surface area contributed by atoms with Crippen LogP contribution >= 0.6 is 0 Å². The molecule has 10 heteroatoms. The molecule has 3 aromatic rings. The van der Waals surface area contributed by atoms with Crippen molar-refractivity contribution in [2.45, 2.75) is 13.0 Å². The molecule has 0 saturated carbocycles. The fourth-order valence-corrected chi connectivity index (χ4v) is 3.40. The Hall–Kier alpha value is -4.47. The van der Waals surface area contributed by atoms with Gasteiger partial charge in [0.1, 0.15) is 30.6 Å². The molecule has 0 spiro atoms. The highest BCUT2D eigenvalue weighted by Crippen LogP contribution is 2.31. The zero-order valence-electron chi connectivity index (χ0n) is 18.3. The monoisotopic (exact) mass is 483 g/mol. The number of rotatable bonds is 7. The summed E-state index contributed by atoms with van der Waals surface area (Å²) in [5.74, 6) is -4.43. The molecule has 0 unspecified atom stereocenters. The van der Waals surface area contributed by atoms with Gasteiger partial charge in [-0.15, -0.1) is 0 Å². The van der Waals surface area contributed by atoms with Gasteiger partial charge in [-0.2, -0.15) is 0 Å². The maximum Gasteiger partial charge on any atom is 0.377 e. The van der Waals surface area contributed by atoms with Crippen molar-refractivity contribution in [2.24, 2.45) is 0 Å². The molecule has 0 aromatic heterocycles. The summed E-state index contributed by atoms with van der Waals surface area (Å²) in [7, 11) is 0. The van der Waals surface area contributed by atoms with Crippen molar-refractivity contribution in [3.8, 4) is 17.2 Å². The van der Waals surface area contributed by atoms with Crippen LogP contribution in [0.1, 0.15) is 26.3 Å². The Morgan fingerprint density at radius 3 is 2.57 bits per heavy atom. The van der Waals surface area contributed by atoms with Gasteiger partial charge in [0.25, 0.3) is 11.7 Å². The van der Waals surface area contributed by atoms with Crippen molar-refractivity contribution in [1.82, 2.24) is 0 Å². The summed E-state index contributed by atoms with van der Waals surface area (Å²) in [6, 6.07) is 12.4. The van der Waals surface area contributed by atoms with E-state index in [1.54, 1.807) is 18.2 Å². The van der Waals surface area contributed by atoms with Crippen molar-refractivity contribution in [2.75, 3.05) is 18.5 Å². The van der Waals surface area contributed by atoms with E-state index in [1.807, 2.05) is 6.07 Å². The van der Waals surface area contributed by atoms with Gasteiger partial charge in [-0.05, 0) is 49.4 Å². The number of hydrogen-bond donors (Lipinski definition) is 2. The second-order valence-corrected chi connectivity index (χ2v) is 7.64. The van der Waals surface area contributed by atoms with Crippen molar-refractivity contribution in [1.29, 1.82) is 0 Å². The Morgan fingerprint density at radius 1 is 1.09 bits per heavy atom. The largest absolute Gasteiger partial charge is 0.489 e. The molecule has 1 atom stereocenters. The Labute approximate surface area is 198 Å². The van der Waals surface area contributed by atoms with E-state index in [1.165, 1.54) is 19.1 Å². The van der Waals surface area contributed by atoms with Gasteiger partial charge in [0.05, 0.1) is 11.3 Å². The van der Waals surface area contributed by atoms with Crippen molar-refractivity contribution < 1.29 is 42.5 Å². The minimum absolute atomic E-state index is 0.0463. The number of ketones is 1. The topological polar surface area (TPSA) is 111 Å². The molecule has 1 aliphatic heterocycles. The third-order valence-electron chi connectivity index (χ3n) is 5.24. The number of carbonyl (C=O) groups is 3. The average Bonchev–Trinajstić information content (AvgIpc) is 2.85. The number of carboxylic acids is 1. The predicted molar refractivity (Wildman–Crippen MR) is 119 cm³/mol. The summed E-state index contributed by atoms with van der Waals surface area (Å²) in [6.45, 7) is 1.73. The lowest BCUT2D eigenvalue weighted by Gasteiger charge is -2.26. The molecule has 1 heterocycles. The van der Waals surface area contributed by atoms with Gasteiger partial charge < -0.3 is 24.6 Å². The van der Waals surface area contributed by atoms with E-state index < -0.39 is 46.6 Å². The molecular formula is C25H19F2NO7. The fourth-order valence-electron chi connectivity index (χ4n) is 3.40. The summed E-state index contributed by atoms with van der Waals surface area (Å²) in [6.07, 6.45) is -0.431. The molecular weight excluding hydrogens is 464 g/mol. The van der Waals surface area contributed by atoms with E-state index in [-0.39, 0.29) is 30.1 Å². The number of para-hydroxylation sites is 2. The Bertz CT molecular complexity index is 1330. The zero-order chi connectivity index (χ0) is 25.1. The first kappa shape index (κ1) is 23.7.